The van der Waals surface area contributed by atoms with Gasteiger partial charge in [-0.3, -0.25) is 9.78 Å². The van der Waals surface area contributed by atoms with E-state index in [2.05, 4.69) is 36.0 Å². The minimum absolute atomic E-state index is 0.0730. The molecule has 0 N–H and O–H groups in total. The first kappa shape index (κ1) is 16.2. The van der Waals surface area contributed by atoms with Gasteiger partial charge in [0.2, 0.25) is 0 Å². The summed E-state index contributed by atoms with van der Waals surface area (Å²) in [5.41, 5.74) is 0.874. The Bertz CT molecular complexity index is 561. The van der Waals surface area contributed by atoms with Crippen LogP contribution in [0.1, 0.15) is 43.1 Å². The lowest BCUT2D eigenvalue weighted by molar-refractivity contribution is 0.0604. The van der Waals surface area contributed by atoms with Crippen LogP contribution in [0.3, 0.4) is 0 Å². The molecule has 1 fully saturated rings. The van der Waals surface area contributed by atoms with Gasteiger partial charge in [-0.05, 0) is 56.8 Å². The van der Waals surface area contributed by atoms with Gasteiger partial charge in [0, 0.05) is 25.3 Å². The Balaban J connectivity index is 1.60. The fourth-order valence-corrected chi connectivity index (χ4v) is 3.75. The van der Waals surface area contributed by atoms with Gasteiger partial charge in [0.25, 0.3) is 5.91 Å². The zero-order valence-corrected chi connectivity index (χ0v) is 14.2. The van der Waals surface area contributed by atoms with Crippen molar-refractivity contribution in [1.29, 1.82) is 0 Å². The number of rotatable bonds is 3. The van der Waals surface area contributed by atoms with Crippen molar-refractivity contribution in [3.63, 3.8) is 0 Å². The Hall–Kier alpha value is -1.68. The zero-order valence-electron chi connectivity index (χ0n) is 14.2. The molecule has 2 heterocycles. The van der Waals surface area contributed by atoms with E-state index in [4.69, 9.17) is 0 Å². The Morgan fingerprint density at radius 3 is 2.70 bits per heavy atom. The van der Waals surface area contributed by atoms with Gasteiger partial charge >= 0.3 is 0 Å². The van der Waals surface area contributed by atoms with Crippen LogP contribution in [0.25, 0.3) is 0 Å². The number of aromatic nitrogens is 1. The van der Waals surface area contributed by atoms with Crippen molar-refractivity contribution < 1.29 is 4.79 Å². The maximum Gasteiger partial charge on any atom is 0.272 e. The highest BCUT2D eigenvalue weighted by molar-refractivity contribution is 5.92. The second-order valence-corrected chi connectivity index (χ2v) is 6.91. The number of allylic oxidation sites excluding steroid dienone is 1. The van der Waals surface area contributed by atoms with E-state index in [0.717, 1.165) is 32.5 Å². The van der Waals surface area contributed by atoms with Crippen LogP contribution < -0.4 is 0 Å². The topological polar surface area (TPSA) is 36.4 Å². The van der Waals surface area contributed by atoms with Gasteiger partial charge in [0.15, 0.2) is 0 Å². The van der Waals surface area contributed by atoms with Crippen molar-refractivity contribution in [1.82, 2.24) is 14.8 Å². The van der Waals surface area contributed by atoms with Crippen molar-refractivity contribution in [2.45, 2.75) is 38.6 Å². The van der Waals surface area contributed by atoms with Crippen molar-refractivity contribution in [2.75, 3.05) is 26.7 Å². The fraction of sp³-hybridized carbons (Fsp3) is 0.579. The molecule has 1 aliphatic heterocycles. The third-order valence-electron chi connectivity index (χ3n) is 5.61. The van der Waals surface area contributed by atoms with Crippen molar-refractivity contribution in [3.8, 4) is 0 Å². The third-order valence-corrected chi connectivity index (χ3v) is 5.61. The molecule has 4 nitrogen and oxygen atoms in total. The molecular formula is C19H27N3O. The van der Waals surface area contributed by atoms with Crippen LogP contribution in [0, 0.1) is 5.41 Å². The maximum absolute atomic E-state index is 12.5. The number of nitrogens with zero attached hydrogens (tertiary/aromatic N) is 3. The number of pyridine rings is 1. The summed E-state index contributed by atoms with van der Waals surface area (Å²) in [6, 6.07) is 6.11. The number of likely N-dealkylation sites (N-methyl/N-ethyl adjacent to an activating group) is 1. The van der Waals surface area contributed by atoms with Crippen LogP contribution in [0.5, 0.6) is 0 Å². The number of hydrogen-bond acceptors (Lipinski definition) is 3. The number of amides is 1. The molecule has 0 aromatic carbocycles. The molecule has 1 unspecified atom stereocenters. The highest BCUT2D eigenvalue weighted by Gasteiger charge is 2.36. The maximum atomic E-state index is 12.5. The van der Waals surface area contributed by atoms with Crippen LogP contribution in [0.15, 0.2) is 36.5 Å². The van der Waals surface area contributed by atoms with Crippen LogP contribution in [-0.2, 0) is 0 Å². The average Bonchev–Trinajstić information content (AvgIpc) is 2.62. The molecular weight excluding hydrogens is 286 g/mol. The smallest absolute Gasteiger partial charge is 0.272 e. The summed E-state index contributed by atoms with van der Waals surface area (Å²) in [6.45, 7) is 4.98. The van der Waals surface area contributed by atoms with E-state index in [1.54, 1.807) is 12.3 Å². The molecule has 1 aromatic heterocycles. The number of carbonyl (C=O) groups is 1. The summed E-state index contributed by atoms with van der Waals surface area (Å²) in [7, 11) is 2.20. The molecule has 0 bridgehead atoms. The van der Waals surface area contributed by atoms with Crippen LogP contribution in [0.4, 0.5) is 0 Å². The summed E-state index contributed by atoms with van der Waals surface area (Å²) in [4.78, 5) is 21.0. The Kier molecular flexibility index (Phi) is 4.81. The van der Waals surface area contributed by atoms with E-state index < -0.39 is 0 Å². The van der Waals surface area contributed by atoms with E-state index in [9.17, 15) is 4.79 Å². The molecule has 3 rings (SSSR count). The first-order valence-corrected chi connectivity index (χ1v) is 8.73. The number of carbonyl (C=O) groups excluding carboxylic acids is 1. The molecule has 1 spiro atoms. The first-order chi connectivity index (χ1) is 11.1. The normalized spacial score (nSPS) is 23.4. The standard InChI is InChI=1S/C19H27N3O/c1-3-21(2)16-7-9-19(10-8-16)11-14-22(15-12-19)18(23)17-6-4-5-13-20-17/h4-7,9,13,16H,3,8,10-12,14-15H2,1-2H3. The minimum Gasteiger partial charge on any atom is -0.337 e. The Labute approximate surface area is 139 Å². The van der Waals surface area contributed by atoms with Gasteiger partial charge in [0.05, 0.1) is 0 Å². The molecule has 1 aromatic rings. The van der Waals surface area contributed by atoms with Gasteiger partial charge in [-0.1, -0.05) is 25.1 Å². The SMILES string of the molecule is CCN(C)C1C=CC2(CC1)CCN(C(=O)c1ccccn1)CC2. The molecule has 2 aliphatic rings. The number of hydrogen-bond donors (Lipinski definition) is 0. The number of likely N-dealkylation sites (tertiary alicyclic amines) is 1. The summed E-state index contributed by atoms with van der Waals surface area (Å²) in [5.74, 6) is 0.0730. The summed E-state index contributed by atoms with van der Waals surface area (Å²) in [6.07, 6.45) is 11.1. The van der Waals surface area contributed by atoms with Crippen molar-refractivity contribution in [3.05, 3.63) is 42.2 Å². The van der Waals surface area contributed by atoms with E-state index >= 15 is 0 Å². The van der Waals surface area contributed by atoms with Gasteiger partial charge in [-0.15, -0.1) is 0 Å². The summed E-state index contributed by atoms with van der Waals surface area (Å²) >= 11 is 0. The van der Waals surface area contributed by atoms with E-state index in [1.165, 1.54) is 12.8 Å². The first-order valence-electron chi connectivity index (χ1n) is 8.73. The lowest BCUT2D eigenvalue weighted by Crippen LogP contribution is -2.44. The van der Waals surface area contributed by atoms with Crippen LogP contribution in [0.2, 0.25) is 0 Å². The highest BCUT2D eigenvalue weighted by atomic mass is 16.2. The highest BCUT2D eigenvalue weighted by Crippen LogP contribution is 2.41. The van der Waals surface area contributed by atoms with Crippen molar-refractivity contribution >= 4 is 5.91 Å². The van der Waals surface area contributed by atoms with Gasteiger partial charge in [-0.25, -0.2) is 0 Å². The van der Waals surface area contributed by atoms with Crippen LogP contribution in [-0.4, -0.2) is 53.4 Å². The third kappa shape index (κ3) is 3.47. The molecule has 4 heteroatoms. The molecule has 1 aliphatic carbocycles. The fourth-order valence-electron chi connectivity index (χ4n) is 3.75. The zero-order chi connectivity index (χ0) is 16.3. The predicted octanol–water partition coefficient (Wildman–Crippen LogP) is 2.97. The van der Waals surface area contributed by atoms with E-state index in [-0.39, 0.29) is 5.91 Å². The van der Waals surface area contributed by atoms with E-state index in [1.807, 2.05) is 17.0 Å². The van der Waals surface area contributed by atoms with Gasteiger partial charge in [-0.2, -0.15) is 0 Å². The minimum atomic E-state index is 0.0730. The second-order valence-electron chi connectivity index (χ2n) is 6.91. The molecule has 1 atom stereocenters. The van der Waals surface area contributed by atoms with Crippen molar-refractivity contribution in [2.24, 2.45) is 5.41 Å². The second kappa shape index (κ2) is 6.83. The quantitative estimate of drug-likeness (QED) is 0.805. The molecule has 0 saturated carbocycles. The molecule has 1 saturated heterocycles. The molecule has 23 heavy (non-hydrogen) atoms. The monoisotopic (exact) mass is 313 g/mol. The van der Waals surface area contributed by atoms with Gasteiger partial charge < -0.3 is 9.80 Å². The number of piperidine rings is 1. The van der Waals surface area contributed by atoms with E-state index in [0.29, 0.717) is 17.2 Å². The van der Waals surface area contributed by atoms with Crippen LogP contribution >= 0.6 is 0 Å². The average molecular weight is 313 g/mol. The molecule has 1 amide bonds. The summed E-state index contributed by atoms with van der Waals surface area (Å²) < 4.78 is 0. The lowest BCUT2D eigenvalue weighted by atomic mass is 9.71. The Morgan fingerprint density at radius 1 is 1.35 bits per heavy atom. The predicted molar refractivity (Wildman–Crippen MR) is 92.3 cm³/mol. The lowest BCUT2D eigenvalue weighted by Gasteiger charge is -2.43. The van der Waals surface area contributed by atoms with Gasteiger partial charge in [0.1, 0.15) is 5.69 Å². The summed E-state index contributed by atoms with van der Waals surface area (Å²) in [5, 5.41) is 0. The molecule has 124 valence electrons. The Morgan fingerprint density at radius 2 is 2.13 bits per heavy atom. The largest absolute Gasteiger partial charge is 0.337 e. The molecule has 0 radical (unpaired) electrons.